The summed E-state index contributed by atoms with van der Waals surface area (Å²) in [6, 6.07) is 14.1. The van der Waals surface area contributed by atoms with Crippen LogP contribution in [0.3, 0.4) is 0 Å². The van der Waals surface area contributed by atoms with Gasteiger partial charge in [-0.15, -0.1) is 6.58 Å². The lowest BCUT2D eigenvalue weighted by Gasteiger charge is -2.15. The van der Waals surface area contributed by atoms with E-state index in [1.165, 1.54) is 5.39 Å². The van der Waals surface area contributed by atoms with Crippen LogP contribution in [0.2, 0.25) is 0 Å². The van der Waals surface area contributed by atoms with Crippen molar-refractivity contribution in [3.63, 3.8) is 0 Å². The Morgan fingerprint density at radius 1 is 1.11 bits per heavy atom. The topological polar surface area (TPSA) is 0 Å². The Morgan fingerprint density at radius 3 is 2.39 bits per heavy atom. The highest BCUT2D eigenvalue weighted by atomic mass is 19.1. The van der Waals surface area contributed by atoms with E-state index < -0.39 is 0 Å². The van der Waals surface area contributed by atoms with E-state index in [9.17, 15) is 4.39 Å². The van der Waals surface area contributed by atoms with Crippen LogP contribution in [0.5, 0.6) is 0 Å². The molecule has 0 aliphatic carbocycles. The fourth-order valence-electron chi connectivity index (χ4n) is 2.18. The van der Waals surface area contributed by atoms with Gasteiger partial charge in [-0.2, -0.15) is 0 Å². The summed E-state index contributed by atoms with van der Waals surface area (Å²) in [5, 5.41) is 2.29. The molecule has 1 heteroatoms. The van der Waals surface area contributed by atoms with Gasteiger partial charge in [-0.05, 0) is 29.7 Å². The normalized spacial score (nSPS) is 12.3. The van der Waals surface area contributed by atoms with Crippen molar-refractivity contribution in [1.82, 2.24) is 0 Å². The van der Waals surface area contributed by atoms with Gasteiger partial charge in [0.1, 0.15) is 5.83 Å². The molecule has 0 amide bonds. The van der Waals surface area contributed by atoms with Gasteiger partial charge in [-0.25, -0.2) is 4.39 Å². The van der Waals surface area contributed by atoms with Crippen LogP contribution < -0.4 is 0 Å². The third-order valence-corrected chi connectivity index (χ3v) is 3.11. The number of benzene rings is 2. The molecule has 0 aliphatic rings. The fraction of sp³-hybridized carbons (Fsp3) is 0.176. The molecule has 0 fully saturated rings. The van der Waals surface area contributed by atoms with Crippen LogP contribution in [0.4, 0.5) is 4.39 Å². The molecule has 1 atom stereocenters. The highest BCUT2D eigenvalue weighted by molar-refractivity contribution is 5.83. The fourth-order valence-corrected chi connectivity index (χ4v) is 2.18. The summed E-state index contributed by atoms with van der Waals surface area (Å²) in [7, 11) is 0. The first-order valence-corrected chi connectivity index (χ1v) is 6.05. The van der Waals surface area contributed by atoms with Crippen LogP contribution >= 0.6 is 0 Å². The number of halogens is 1. The van der Waals surface area contributed by atoms with Gasteiger partial charge in [0.15, 0.2) is 0 Å². The van der Waals surface area contributed by atoms with Crippen LogP contribution in [0.1, 0.15) is 24.8 Å². The number of rotatable bonds is 4. The minimum atomic E-state index is -0.298. The highest BCUT2D eigenvalue weighted by Gasteiger charge is 2.15. The SMILES string of the molecule is C=C(C)CC(C(=C)F)c1ccc2ccccc2c1. The van der Waals surface area contributed by atoms with E-state index in [1.807, 2.05) is 43.3 Å². The molecule has 0 N–H and O–H groups in total. The lowest BCUT2D eigenvalue weighted by Crippen LogP contribution is -1.99. The van der Waals surface area contributed by atoms with E-state index in [2.05, 4.69) is 19.2 Å². The quantitative estimate of drug-likeness (QED) is 0.630. The molecule has 1 unspecified atom stereocenters. The van der Waals surface area contributed by atoms with E-state index in [-0.39, 0.29) is 11.7 Å². The summed E-state index contributed by atoms with van der Waals surface area (Å²) < 4.78 is 13.6. The summed E-state index contributed by atoms with van der Waals surface area (Å²) in [5.41, 5.74) is 1.93. The molecule has 0 radical (unpaired) electrons. The molecule has 0 saturated heterocycles. The molecule has 18 heavy (non-hydrogen) atoms. The van der Waals surface area contributed by atoms with Crippen molar-refractivity contribution in [2.45, 2.75) is 19.3 Å². The van der Waals surface area contributed by atoms with Crippen LogP contribution in [0, 0.1) is 0 Å². The van der Waals surface area contributed by atoms with Crippen molar-refractivity contribution in [2.75, 3.05) is 0 Å². The molecule has 0 bridgehead atoms. The number of allylic oxidation sites excluding steroid dienone is 2. The molecule has 92 valence electrons. The molecule has 2 aromatic rings. The van der Waals surface area contributed by atoms with Crippen molar-refractivity contribution in [3.05, 3.63) is 72.6 Å². The zero-order chi connectivity index (χ0) is 13.1. The van der Waals surface area contributed by atoms with Crippen molar-refractivity contribution in [1.29, 1.82) is 0 Å². The smallest absolute Gasteiger partial charge is 0.101 e. The van der Waals surface area contributed by atoms with E-state index >= 15 is 0 Å². The third kappa shape index (κ3) is 2.67. The van der Waals surface area contributed by atoms with Crippen LogP contribution in [-0.2, 0) is 0 Å². The maximum atomic E-state index is 13.6. The maximum Gasteiger partial charge on any atom is 0.101 e. The summed E-state index contributed by atoms with van der Waals surface area (Å²) in [4.78, 5) is 0. The van der Waals surface area contributed by atoms with Crippen LogP contribution in [0.15, 0.2) is 67.0 Å². The average Bonchev–Trinajstić information content (AvgIpc) is 2.35. The zero-order valence-corrected chi connectivity index (χ0v) is 10.6. The largest absolute Gasteiger partial charge is 0.212 e. The second kappa shape index (κ2) is 5.18. The Labute approximate surface area is 107 Å². The molecule has 0 spiro atoms. The molecular weight excluding hydrogens is 223 g/mol. The summed E-state index contributed by atoms with van der Waals surface area (Å²) in [5.74, 6) is -0.583. The molecule has 2 rings (SSSR count). The van der Waals surface area contributed by atoms with Gasteiger partial charge in [0, 0.05) is 5.92 Å². The Balaban J connectivity index is 2.44. The minimum Gasteiger partial charge on any atom is -0.212 e. The van der Waals surface area contributed by atoms with Gasteiger partial charge >= 0.3 is 0 Å². The molecule has 0 saturated carbocycles. The number of fused-ring (bicyclic) bond motifs is 1. The van der Waals surface area contributed by atoms with E-state index in [1.54, 1.807) is 0 Å². The summed E-state index contributed by atoms with van der Waals surface area (Å²) in [6.45, 7) is 9.23. The number of hydrogen-bond acceptors (Lipinski definition) is 0. The molecule has 0 nitrogen and oxygen atoms in total. The third-order valence-electron chi connectivity index (χ3n) is 3.11. The van der Waals surface area contributed by atoms with Crippen molar-refractivity contribution >= 4 is 10.8 Å². The minimum absolute atomic E-state index is 0.285. The number of hydrogen-bond donors (Lipinski definition) is 0. The lowest BCUT2D eigenvalue weighted by molar-refractivity contribution is 0.545. The lowest BCUT2D eigenvalue weighted by atomic mass is 9.90. The molecule has 2 aromatic carbocycles. The Bertz CT molecular complexity index is 595. The first-order chi connectivity index (χ1) is 8.58. The van der Waals surface area contributed by atoms with Crippen molar-refractivity contribution < 1.29 is 4.39 Å². The van der Waals surface area contributed by atoms with E-state index in [0.29, 0.717) is 6.42 Å². The summed E-state index contributed by atoms with van der Waals surface area (Å²) >= 11 is 0. The van der Waals surface area contributed by atoms with Gasteiger partial charge in [-0.3, -0.25) is 0 Å². The highest BCUT2D eigenvalue weighted by Crippen LogP contribution is 2.32. The summed E-state index contributed by atoms with van der Waals surface area (Å²) in [6.07, 6.45) is 0.605. The predicted octanol–water partition coefficient (Wildman–Crippen LogP) is 5.37. The van der Waals surface area contributed by atoms with Gasteiger partial charge in [0.25, 0.3) is 0 Å². The predicted molar refractivity (Wildman–Crippen MR) is 76.4 cm³/mol. The monoisotopic (exact) mass is 240 g/mol. The van der Waals surface area contributed by atoms with Crippen LogP contribution in [-0.4, -0.2) is 0 Å². The molecular formula is C17H17F. The van der Waals surface area contributed by atoms with Crippen molar-refractivity contribution in [2.24, 2.45) is 0 Å². The van der Waals surface area contributed by atoms with Crippen LogP contribution in [0.25, 0.3) is 10.8 Å². The van der Waals surface area contributed by atoms with Gasteiger partial charge in [0.05, 0.1) is 0 Å². The first-order valence-electron chi connectivity index (χ1n) is 6.05. The molecule has 0 aliphatic heterocycles. The Hall–Kier alpha value is -1.89. The average molecular weight is 240 g/mol. The Kier molecular flexibility index (Phi) is 3.61. The molecule has 0 aromatic heterocycles. The molecule has 0 heterocycles. The Morgan fingerprint density at radius 2 is 1.78 bits per heavy atom. The van der Waals surface area contributed by atoms with E-state index in [0.717, 1.165) is 16.5 Å². The van der Waals surface area contributed by atoms with Gasteiger partial charge in [0.2, 0.25) is 0 Å². The maximum absolute atomic E-state index is 13.6. The van der Waals surface area contributed by atoms with Crippen molar-refractivity contribution in [3.8, 4) is 0 Å². The standard InChI is InChI=1S/C17H17F/c1-12(2)10-17(13(3)18)16-9-8-14-6-4-5-7-15(14)11-16/h4-9,11,17H,1,3,10H2,2H3. The second-order valence-corrected chi connectivity index (χ2v) is 4.77. The first kappa shape index (κ1) is 12.6. The second-order valence-electron chi connectivity index (χ2n) is 4.77. The zero-order valence-electron chi connectivity index (χ0n) is 10.6. The van der Waals surface area contributed by atoms with Gasteiger partial charge < -0.3 is 0 Å². The van der Waals surface area contributed by atoms with E-state index in [4.69, 9.17) is 0 Å². The van der Waals surface area contributed by atoms with Gasteiger partial charge in [-0.1, -0.05) is 54.6 Å².